The standard InChI is InChI=1S/C19H21F2NO4/c1-3-25-12-15-10-14(6-9-17(15)24-2)18(23)22-11-13-4-7-16(8-5-13)26-19(20)21/h4-10,19H,3,11-12H2,1-2H3,(H,22,23). The molecule has 0 bridgehead atoms. The van der Waals surface area contributed by atoms with Gasteiger partial charge in [-0.3, -0.25) is 4.79 Å². The molecule has 26 heavy (non-hydrogen) atoms. The highest BCUT2D eigenvalue weighted by Gasteiger charge is 2.11. The third-order valence-electron chi connectivity index (χ3n) is 3.61. The van der Waals surface area contributed by atoms with E-state index < -0.39 is 6.61 Å². The number of hydrogen-bond donors (Lipinski definition) is 1. The molecule has 0 saturated heterocycles. The van der Waals surface area contributed by atoms with E-state index in [1.54, 1.807) is 37.4 Å². The molecule has 0 aliphatic carbocycles. The molecule has 2 aromatic rings. The molecule has 0 radical (unpaired) electrons. The largest absolute Gasteiger partial charge is 0.496 e. The Morgan fingerprint density at radius 1 is 1.15 bits per heavy atom. The highest BCUT2D eigenvalue weighted by molar-refractivity contribution is 5.94. The Kier molecular flexibility index (Phi) is 7.35. The van der Waals surface area contributed by atoms with Crippen LogP contribution in [0.15, 0.2) is 42.5 Å². The van der Waals surface area contributed by atoms with Crippen molar-refractivity contribution in [1.29, 1.82) is 0 Å². The summed E-state index contributed by atoms with van der Waals surface area (Å²) in [4.78, 5) is 12.3. The summed E-state index contributed by atoms with van der Waals surface area (Å²) < 4.78 is 39.2. The van der Waals surface area contributed by atoms with E-state index in [1.165, 1.54) is 12.1 Å². The fourth-order valence-electron chi connectivity index (χ4n) is 2.32. The summed E-state index contributed by atoms with van der Waals surface area (Å²) in [5, 5.41) is 2.79. The number of alkyl halides is 2. The number of methoxy groups -OCH3 is 1. The SMILES string of the molecule is CCOCc1cc(C(=O)NCc2ccc(OC(F)F)cc2)ccc1OC. The maximum Gasteiger partial charge on any atom is 0.387 e. The molecule has 2 aromatic carbocycles. The normalized spacial score (nSPS) is 10.7. The third kappa shape index (κ3) is 5.70. The van der Waals surface area contributed by atoms with E-state index in [9.17, 15) is 13.6 Å². The molecule has 0 heterocycles. The molecular formula is C19H21F2NO4. The zero-order chi connectivity index (χ0) is 18.9. The van der Waals surface area contributed by atoms with Gasteiger partial charge in [-0.05, 0) is 42.8 Å². The Bertz CT molecular complexity index is 720. The molecule has 0 unspecified atom stereocenters. The monoisotopic (exact) mass is 365 g/mol. The smallest absolute Gasteiger partial charge is 0.387 e. The molecule has 1 amide bonds. The third-order valence-corrected chi connectivity index (χ3v) is 3.61. The Labute approximate surface area is 150 Å². The first-order chi connectivity index (χ1) is 12.5. The Balaban J connectivity index is 1.98. The molecule has 0 spiro atoms. The second kappa shape index (κ2) is 9.72. The molecule has 0 atom stereocenters. The lowest BCUT2D eigenvalue weighted by Crippen LogP contribution is -2.23. The first-order valence-corrected chi connectivity index (χ1v) is 8.10. The average Bonchev–Trinajstić information content (AvgIpc) is 2.64. The van der Waals surface area contributed by atoms with Gasteiger partial charge in [-0.1, -0.05) is 12.1 Å². The van der Waals surface area contributed by atoms with Gasteiger partial charge in [0.2, 0.25) is 0 Å². The fraction of sp³-hybridized carbons (Fsp3) is 0.316. The van der Waals surface area contributed by atoms with Gasteiger partial charge in [-0.15, -0.1) is 0 Å². The van der Waals surface area contributed by atoms with Crippen LogP contribution in [0, 0.1) is 0 Å². The van der Waals surface area contributed by atoms with E-state index in [0.717, 1.165) is 11.1 Å². The predicted octanol–water partition coefficient (Wildman–Crippen LogP) is 3.76. The minimum Gasteiger partial charge on any atom is -0.496 e. The van der Waals surface area contributed by atoms with Gasteiger partial charge >= 0.3 is 6.61 Å². The fourth-order valence-corrected chi connectivity index (χ4v) is 2.32. The van der Waals surface area contributed by atoms with Crippen LogP contribution in [0.1, 0.15) is 28.4 Å². The average molecular weight is 365 g/mol. The molecule has 5 nitrogen and oxygen atoms in total. The number of carbonyl (C=O) groups is 1. The number of rotatable bonds is 9. The number of benzene rings is 2. The summed E-state index contributed by atoms with van der Waals surface area (Å²) in [6.45, 7) is 0.208. The van der Waals surface area contributed by atoms with Gasteiger partial charge in [-0.2, -0.15) is 8.78 Å². The van der Waals surface area contributed by atoms with Crippen LogP contribution < -0.4 is 14.8 Å². The second-order valence-electron chi connectivity index (χ2n) is 5.37. The van der Waals surface area contributed by atoms with E-state index in [1.807, 2.05) is 6.92 Å². The summed E-state index contributed by atoms with van der Waals surface area (Å²) in [6, 6.07) is 11.2. The number of nitrogens with one attached hydrogen (secondary N) is 1. The van der Waals surface area contributed by atoms with Crippen molar-refractivity contribution in [3.63, 3.8) is 0 Å². The van der Waals surface area contributed by atoms with Crippen LogP contribution in [0.25, 0.3) is 0 Å². The van der Waals surface area contributed by atoms with Crippen molar-refractivity contribution >= 4 is 5.91 Å². The molecule has 1 N–H and O–H groups in total. The summed E-state index contributed by atoms with van der Waals surface area (Å²) in [5.41, 5.74) is 2.04. The Morgan fingerprint density at radius 3 is 2.50 bits per heavy atom. The highest BCUT2D eigenvalue weighted by atomic mass is 19.3. The van der Waals surface area contributed by atoms with Crippen LogP contribution in [0.2, 0.25) is 0 Å². The van der Waals surface area contributed by atoms with Crippen LogP contribution >= 0.6 is 0 Å². The predicted molar refractivity (Wildman–Crippen MR) is 92.6 cm³/mol. The molecule has 0 aliphatic rings. The minimum absolute atomic E-state index is 0.0748. The van der Waals surface area contributed by atoms with Crippen LogP contribution in [-0.4, -0.2) is 26.2 Å². The molecule has 140 valence electrons. The van der Waals surface area contributed by atoms with Gasteiger partial charge in [0.1, 0.15) is 11.5 Å². The van der Waals surface area contributed by atoms with Crippen LogP contribution in [0.4, 0.5) is 8.78 Å². The second-order valence-corrected chi connectivity index (χ2v) is 5.37. The van der Waals surface area contributed by atoms with Crippen molar-refractivity contribution < 1.29 is 27.8 Å². The number of carbonyl (C=O) groups excluding carboxylic acids is 1. The summed E-state index contributed by atoms with van der Waals surface area (Å²) >= 11 is 0. The summed E-state index contributed by atoms with van der Waals surface area (Å²) in [5.74, 6) is 0.480. The summed E-state index contributed by atoms with van der Waals surface area (Å²) in [7, 11) is 1.56. The zero-order valence-electron chi connectivity index (χ0n) is 14.6. The van der Waals surface area contributed by atoms with Gasteiger partial charge in [-0.25, -0.2) is 0 Å². The number of amides is 1. The molecule has 0 fully saturated rings. The lowest BCUT2D eigenvalue weighted by Gasteiger charge is -2.11. The molecule has 0 saturated carbocycles. The van der Waals surface area contributed by atoms with E-state index in [-0.39, 0.29) is 18.2 Å². The van der Waals surface area contributed by atoms with Gasteiger partial charge in [0, 0.05) is 24.3 Å². The number of ether oxygens (including phenoxy) is 3. The van der Waals surface area contributed by atoms with E-state index in [4.69, 9.17) is 9.47 Å². The van der Waals surface area contributed by atoms with E-state index in [2.05, 4.69) is 10.1 Å². The van der Waals surface area contributed by atoms with E-state index >= 15 is 0 Å². The Morgan fingerprint density at radius 2 is 1.88 bits per heavy atom. The van der Waals surface area contributed by atoms with Gasteiger partial charge in [0.25, 0.3) is 5.91 Å². The van der Waals surface area contributed by atoms with Crippen molar-refractivity contribution in [3.05, 3.63) is 59.2 Å². The lowest BCUT2D eigenvalue weighted by atomic mass is 10.1. The van der Waals surface area contributed by atoms with Crippen molar-refractivity contribution in [2.24, 2.45) is 0 Å². The molecule has 2 rings (SSSR count). The maximum absolute atomic E-state index is 12.3. The quantitative estimate of drug-likeness (QED) is 0.735. The van der Waals surface area contributed by atoms with Crippen molar-refractivity contribution in [2.75, 3.05) is 13.7 Å². The van der Waals surface area contributed by atoms with Gasteiger partial charge < -0.3 is 19.5 Å². The first-order valence-electron chi connectivity index (χ1n) is 8.10. The maximum atomic E-state index is 12.3. The molecule has 0 aliphatic heterocycles. The van der Waals surface area contributed by atoms with Crippen LogP contribution in [0.3, 0.4) is 0 Å². The van der Waals surface area contributed by atoms with E-state index in [0.29, 0.717) is 24.5 Å². The lowest BCUT2D eigenvalue weighted by molar-refractivity contribution is -0.0498. The minimum atomic E-state index is -2.86. The van der Waals surface area contributed by atoms with Crippen molar-refractivity contribution in [3.8, 4) is 11.5 Å². The Hall–Kier alpha value is -2.67. The number of halogens is 2. The number of hydrogen-bond acceptors (Lipinski definition) is 4. The van der Waals surface area contributed by atoms with Crippen LogP contribution in [0.5, 0.6) is 11.5 Å². The van der Waals surface area contributed by atoms with Gasteiger partial charge in [0.05, 0.1) is 13.7 Å². The first kappa shape index (κ1) is 19.7. The molecule has 7 heteroatoms. The summed E-state index contributed by atoms with van der Waals surface area (Å²) in [6.07, 6.45) is 0. The van der Waals surface area contributed by atoms with Crippen LogP contribution in [-0.2, 0) is 17.9 Å². The molecule has 0 aromatic heterocycles. The van der Waals surface area contributed by atoms with Crippen molar-refractivity contribution in [1.82, 2.24) is 5.32 Å². The van der Waals surface area contributed by atoms with Gasteiger partial charge in [0.15, 0.2) is 0 Å². The molecular weight excluding hydrogens is 344 g/mol. The highest BCUT2D eigenvalue weighted by Crippen LogP contribution is 2.21. The zero-order valence-corrected chi connectivity index (χ0v) is 14.6. The van der Waals surface area contributed by atoms with Crippen molar-refractivity contribution in [2.45, 2.75) is 26.7 Å². The topological polar surface area (TPSA) is 56.8 Å².